The number of amides is 1. The zero-order valence-electron chi connectivity index (χ0n) is 14.2. The molecule has 25 heavy (non-hydrogen) atoms. The number of nitrogens with zero attached hydrogens (tertiary/aromatic N) is 2. The van der Waals surface area contributed by atoms with Gasteiger partial charge in [-0.1, -0.05) is 36.4 Å². The third-order valence-electron chi connectivity index (χ3n) is 4.94. The third-order valence-corrected chi connectivity index (χ3v) is 4.94. The van der Waals surface area contributed by atoms with E-state index in [1.165, 1.54) is 4.90 Å². The van der Waals surface area contributed by atoms with Gasteiger partial charge in [-0.05, 0) is 19.1 Å². The normalized spacial score (nSPS) is 20.5. The lowest BCUT2D eigenvalue weighted by molar-refractivity contribution is -0.134. The van der Waals surface area contributed by atoms with E-state index in [0.717, 1.165) is 21.8 Å². The Balaban J connectivity index is 1.70. The molecule has 2 heterocycles. The molecule has 1 saturated heterocycles. The van der Waals surface area contributed by atoms with Gasteiger partial charge in [0, 0.05) is 34.8 Å². The van der Waals surface area contributed by atoms with Crippen molar-refractivity contribution in [2.45, 2.75) is 31.7 Å². The number of aromatic nitrogens is 1. The van der Waals surface area contributed by atoms with Gasteiger partial charge in [-0.2, -0.15) is 0 Å². The van der Waals surface area contributed by atoms with E-state index in [1.807, 2.05) is 36.4 Å². The van der Waals surface area contributed by atoms with E-state index in [2.05, 4.69) is 16.7 Å². The number of fused-ring (bicyclic) bond motifs is 3. The van der Waals surface area contributed by atoms with Crippen LogP contribution in [-0.2, 0) is 11.3 Å². The molecule has 130 valence electrons. The Morgan fingerprint density at radius 3 is 2.16 bits per heavy atom. The minimum Gasteiger partial charge on any atom is -0.386 e. The van der Waals surface area contributed by atoms with Gasteiger partial charge >= 0.3 is 0 Å². The van der Waals surface area contributed by atoms with Crippen LogP contribution in [0.15, 0.2) is 48.5 Å². The minimum absolute atomic E-state index is 0.132. The van der Waals surface area contributed by atoms with Crippen LogP contribution in [-0.4, -0.2) is 45.3 Å². The maximum Gasteiger partial charge on any atom is 0.257 e. The summed E-state index contributed by atoms with van der Waals surface area (Å²) >= 11 is 0. The smallest absolute Gasteiger partial charge is 0.257 e. The average molecular weight is 340 g/mol. The van der Waals surface area contributed by atoms with E-state index in [1.54, 1.807) is 6.92 Å². The monoisotopic (exact) mass is 340 g/mol. The van der Waals surface area contributed by atoms with Crippen LogP contribution in [0.1, 0.15) is 13.3 Å². The number of alkyl halides is 1. The molecule has 0 bridgehead atoms. The summed E-state index contributed by atoms with van der Waals surface area (Å²) in [7, 11) is 0. The van der Waals surface area contributed by atoms with Crippen molar-refractivity contribution in [3.63, 3.8) is 0 Å². The molecular formula is C20H21FN2O2. The zero-order valence-corrected chi connectivity index (χ0v) is 14.2. The van der Waals surface area contributed by atoms with Gasteiger partial charge in [0.05, 0.1) is 18.7 Å². The van der Waals surface area contributed by atoms with Crippen LogP contribution in [0.4, 0.5) is 4.39 Å². The summed E-state index contributed by atoms with van der Waals surface area (Å²) in [5.41, 5.74) is 0.935. The summed E-state index contributed by atoms with van der Waals surface area (Å²) in [6, 6.07) is 16.2. The van der Waals surface area contributed by atoms with Crippen LogP contribution in [0.3, 0.4) is 0 Å². The van der Waals surface area contributed by atoms with Crippen molar-refractivity contribution in [2.75, 3.05) is 13.1 Å². The van der Waals surface area contributed by atoms with Crippen LogP contribution >= 0.6 is 0 Å². The van der Waals surface area contributed by atoms with Crippen LogP contribution in [0.25, 0.3) is 21.8 Å². The number of rotatable bonds is 4. The number of hydrogen-bond acceptors (Lipinski definition) is 2. The van der Waals surface area contributed by atoms with Crippen molar-refractivity contribution in [3.8, 4) is 0 Å². The third kappa shape index (κ3) is 2.78. The summed E-state index contributed by atoms with van der Waals surface area (Å²) in [5, 5.41) is 13.2. The molecule has 1 aromatic heterocycles. The second-order valence-corrected chi connectivity index (χ2v) is 7.13. The van der Waals surface area contributed by atoms with Crippen molar-refractivity contribution in [3.05, 3.63) is 48.5 Å². The van der Waals surface area contributed by atoms with Crippen LogP contribution in [0, 0.1) is 0 Å². The first-order valence-electron chi connectivity index (χ1n) is 8.57. The Morgan fingerprint density at radius 2 is 1.64 bits per heavy atom. The summed E-state index contributed by atoms with van der Waals surface area (Å²) in [6.45, 7) is 2.54. The van der Waals surface area contributed by atoms with E-state index < -0.39 is 17.7 Å². The van der Waals surface area contributed by atoms with Gasteiger partial charge in [0.1, 0.15) is 0 Å². The first kappa shape index (κ1) is 16.1. The predicted molar refractivity (Wildman–Crippen MR) is 96.2 cm³/mol. The molecule has 1 aliphatic heterocycles. The highest BCUT2D eigenvalue weighted by Gasteiger charge is 2.36. The first-order valence-corrected chi connectivity index (χ1v) is 8.57. The fourth-order valence-corrected chi connectivity index (χ4v) is 3.83. The lowest BCUT2D eigenvalue weighted by Crippen LogP contribution is -2.45. The zero-order chi connectivity index (χ0) is 17.6. The molecule has 1 N–H and O–H groups in total. The topological polar surface area (TPSA) is 45.5 Å². The number of carbonyl (C=O) groups excluding carboxylic acids is 1. The number of halogens is 1. The van der Waals surface area contributed by atoms with Gasteiger partial charge in [-0.15, -0.1) is 0 Å². The summed E-state index contributed by atoms with van der Waals surface area (Å²) < 4.78 is 15.5. The molecule has 2 atom stereocenters. The second kappa shape index (κ2) is 5.85. The van der Waals surface area contributed by atoms with Gasteiger partial charge in [-0.25, -0.2) is 4.39 Å². The number of β-amino-alcohol motifs (C(OH)–C–C–N with tert-alkyl or cyclic N) is 1. The summed E-state index contributed by atoms with van der Waals surface area (Å²) in [5.74, 6) is -0.512. The van der Waals surface area contributed by atoms with Gasteiger partial charge in [0.25, 0.3) is 5.91 Å². The molecule has 1 unspecified atom stereocenters. The number of aliphatic hydroxyl groups is 1. The lowest BCUT2D eigenvalue weighted by Gasteiger charge is -2.30. The Labute approximate surface area is 145 Å². The molecule has 2 aromatic carbocycles. The molecule has 1 amide bonds. The van der Waals surface area contributed by atoms with Gasteiger partial charge < -0.3 is 14.6 Å². The van der Waals surface area contributed by atoms with Crippen molar-refractivity contribution in [1.82, 2.24) is 9.47 Å². The summed E-state index contributed by atoms with van der Waals surface area (Å²) in [4.78, 5) is 13.3. The molecule has 1 aliphatic rings. The Hall–Kier alpha value is -2.40. The highest BCUT2D eigenvalue weighted by atomic mass is 19.1. The molecule has 0 saturated carbocycles. The SMILES string of the molecule is C[C@@](O)(CN1CCC(F)C1=O)Cn1c2ccccc2c2ccccc21. The van der Waals surface area contributed by atoms with E-state index >= 15 is 0 Å². The quantitative estimate of drug-likeness (QED) is 0.793. The van der Waals surface area contributed by atoms with Crippen LogP contribution in [0.2, 0.25) is 0 Å². The molecule has 0 spiro atoms. The fraction of sp³-hybridized carbons (Fsp3) is 0.350. The first-order chi connectivity index (χ1) is 12.0. The van der Waals surface area contributed by atoms with Crippen molar-refractivity contribution in [1.29, 1.82) is 0 Å². The highest BCUT2D eigenvalue weighted by molar-refractivity contribution is 6.07. The Kier molecular flexibility index (Phi) is 3.76. The van der Waals surface area contributed by atoms with E-state index in [9.17, 15) is 14.3 Å². The lowest BCUT2D eigenvalue weighted by atomic mass is 10.1. The summed E-state index contributed by atoms with van der Waals surface area (Å²) in [6.07, 6.45) is -1.21. The molecule has 0 radical (unpaired) electrons. The van der Waals surface area contributed by atoms with Crippen molar-refractivity contribution < 1.29 is 14.3 Å². The van der Waals surface area contributed by atoms with E-state index in [4.69, 9.17) is 0 Å². The highest BCUT2D eigenvalue weighted by Crippen LogP contribution is 2.30. The molecular weight excluding hydrogens is 319 g/mol. The minimum atomic E-state index is -1.43. The van der Waals surface area contributed by atoms with Crippen LogP contribution in [0.5, 0.6) is 0 Å². The number of hydrogen-bond donors (Lipinski definition) is 1. The molecule has 4 rings (SSSR count). The fourth-order valence-electron chi connectivity index (χ4n) is 3.83. The number of carbonyl (C=O) groups is 1. The largest absolute Gasteiger partial charge is 0.386 e. The second-order valence-electron chi connectivity index (χ2n) is 7.13. The van der Waals surface area contributed by atoms with Gasteiger partial charge in [0.15, 0.2) is 6.17 Å². The molecule has 0 aliphatic carbocycles. The molecule has 5 heteroatoms. The van der Waals surface area contributed by atoms with E-state index in [-0.39, 0.29) is 13.0 Å². The average Bonchev–Trinajstić information content (AvgIpc) is 3.08. The number of para-hydroxylation sites is 2. The van der Waals surface area contributed by atoms with Crippen molar-refractivity contribution in [2.24, 2.45) is 0 Å². The standard InChI is InChI=1S/C20H21FN2O2/c1-20(25,12-22-11-10-16(21)19(22)24)13-23-17-8-4-2-6-14(17)15-7-3-5-9-18(15)23/h2-9,16,25H,10-13H2,1H3/t16?,20-/m1/s1. The Morgan fingerprint density at radius 1 is 1.08 bits per heavy atom. The van der Waals surface area contributed by atoms with Gasteiger partial charge in [0.2, 0.25) is 0 Å². The number of benzene rings is 2. The Bertz CT molecular complexity index is 894. The van der Waals surface area contributed by atoms with E-state index in [0.29, 0.717) is 13.1 Å². The van der Waals surface area contributed by atoms with Gasteiger partial charge in [-0.3, -0.25) is 4.79 Å². The molecule has 1 fully saturated rings. The predicted octanol–water partition coefficient (Wildman–Crippen LogP) is 3.12. The molecule has 4 nitrogen and oxygen atoms in total. The number of likely N-dealkylation sites (tertiary alicyclic amines) is 1. The van der Waals surface area contributed by atoms with Crippen molar-refractivity contribution >= 4 is 27.7 Å². The molecule has 3 aromatic rings. The van der Waals surface area contributed by atoms with Crippen LogP contribution < -0.4 is 0 Å². The maximum absolute atomic E-state index is 13.5. The maximum atomic E-state index is 13.5.